The first-order valence-electron chi connectivity index (χ1n) is 2.83. The Morgan fingerprint density at radius 2 is 2.30 bits per heavy atom. The zero-order valence-electron chi connectivity index (χ0n) is 5.69. The summed E-state index contributed by atoms with van der Waals surface area (Å²) < 4.78 is 10.0. The number of hydrogen-bond acceptors (Lipinski definition) is 2. The molecule has 1 fully saturated rings. The van der Waals surface area contributed by atoms with Crippen LogP contribution in [0.5, 0.6) is 0 Å². The molecule has 10 heavy (non-hydrogen) atoms. The topological polar surface area (TPSA) is 18.5 Å². The third-order valence-corrected chi connectivity index (χ3v) is 1.75. The average molecular weight is 232 g/mol. The van der Waals surface area contributed by atoms with Gasteiger partial charge in [0.25, 0.3) is 0 Å². The first-order chi connectivity index (χ1) is 4.24. The Morgan fingerprint density at radius 1 is 1.70 bits per heavy atom. The molecule has 1 aliphatic rings. The molecule has 2 nitrogen and oxygen atoms in total. The molecule has 1 heterocycles. The molecule has 0 amide bonds. The van der Waals surface area contributed by atoms with Crippen molar-refractivity contribution >= 4 is 17.3 Å². The average Bonchev–Trinajstić information content (AvgIpc) is 2.10. The third-order valence-electron chi connectivity index (χ3n) is 1.40. The molecule has 1 rings (SSSR count). The molecule has 4 atom stereocenters. The van der Waals surface area contributed by atoms with Crippen LogP contribution in [0.4, 0.5) is 0 Å². The SMILES string of the molecule is [B]C1CC(OP)C([CH2-])O1.[Y+3]. The number of hydrogen-bond donors (Lipinski definition) is 0. The van der Waals surface area contributed by atoms with Crippen molar-refractivity contribution in [3.05, 3.63) is 6.92 Å². The van der Waals surface area contributed by atoms with Crippen LogP contribution >= 0.6 is 9.47 Å². The van der Waals surface area contributed by atoms with Crippen LogP contribution in [-0.4, -0.2) is 26.1 Å². The van der Waals surface area contributed by atoms with Gasteiger partial charge >= 0.3 is 32.7 Å². The standard InChI is InChI=1S/C5H9BO2P.Y/c1-3-4(8-9)2-5(6)7-3;/h3-5H,1-2,9H2;/q-1;+3. The van der Waals surface area contributed by atoms with Crippen LogP contribution < -0.4 is 0 Å². The van der Waals surface area contributed by atoms with E-state index in [-0.39, 0.29) is 50.9 Å². The Balaban J connectivity index is 0.000000810. The van der Waals surface area contributed by atoms with Crippen LogP contribution in [0.3, 0.4) is 0 Å². The molecular formula is C5H9BO2PY+2. The van der Waals surface area contributed by atoms with Gasteiger partial charge in [-0.25, -0.2) is 0 Å². The first kappa shape index (κ1) is 11.5. The van der Waals surface area contributed by atoms with Gasteiger partial charge in [0, 0.05) is 15.5 Å². The van der Waals surface area contributed by atoms with Gasteiger partial charge < -0.3 is 16.2 Å². The van der Waals surface area contributed by atoms with Gasteiger partial charge in [0.15, 0.2) is 0 Å². The second-order valence-corrected chi connectivity index (χ2v) is 2.40. The van der Waals surface area contributed by atoms with Crippen molar-refractivity contribution in [3.63, 3.8) is 0 Å². The fourth-order valence-corrected chi connectivity index (χ4v) is 1.18. The Kier molecular flexibility index (Phi) is 6.01. The minimum absolute atomic E-state index is 0. The van der Waals surface area contributed by atoms with E-state index in [1.165, 1.54) is 0 Å². The fraction of sp³-hybridized carbons (Fsp3) is 0.800. The molecule has 0 saturated carbocycles. The molecule has 0 aromatic heterocycles. The quantitative estimate of drug-likeness (QED) is 0.367. The van der Waals surface area contributed by atoms with Gasteiger partial charge in [0.05, 0.1) is 6.10 Å². The third kappa shape index (κ3) is 2.87. The van der Waals surface area contributed by atoms with Crippen molar-refractivity contribution in [1.29, 1.82) is 0 Å². The van der Waals surface area contributed by atoms with Crippen LogP contribution in [0.15, 0.2) is 0 Å². The summed E-state index contributed by atoms with van der Waals surface area (Å²) in [6, 6.07) is -0.196. The molecule has 50 valence electrons. The summed E-state index contributed by atoms with van der Waals surface area (Å²) in [6.07, 6.45) is 0.667. The summed E-state index contributed by atoms with van der Waals surface area (Å²) in [5, 5.41) is 0. The van der Waals surface area contributed by atoms with E-state index < -0.39 is 0 Å². The minimum Gasteiger partial charge on any atom is -0.414 e. The monoisotopic (exact) mass is 232 g/mol. The van der Waals surface area contributed by atoms with E-state index in [9.17, 15) is 0 Å². The van der Waals surface area contributed by atoms with E-state index in [2.05, 4.69) is 16.4 Å². The Labute approximate surface area is 90.4 Å². The Bertz CT molecular complexity index is 106. The zero-order chi connectivity index (χ0) is 6.85. The van der Waals surface area contributed by atoms with Crippen LogP contribution in [0.25, 0.3) is 0 Å². The predicted molar refractivity (Wildman–Crippen MR) is 39.0 cm³/mol. The van der Waals surface area contributed by atoms with Crippen molar-refractivity contribution in [2.24, 2.45) is 0 Å². The molecular weight excluding hydrogens is 223 g/mol. The predicted octanol–water partition coefficient (Wildman–Crippen LogP) is 0.277. The summed E-state index contributed by atoms with van der Waals surface area (Å²) in [7, 11) is 7.63. The number of rotatable bonds is 1. The maximum atomic E-state index is 5.44. The van der Waals surface area contributed by atoms with Crippen LogP contribution in [0.2, 0.25) is 0 Å². The second-order valence-electron chi connectivity index (χ2n) is 2.12. The maximum absolute atomic E-state index is 5.44. The molecule has 0 bridgehead atoms. The normalized spacial score (nSPS) is 39.2. The summed E-state index contributed by atoms with van der Waals surface area (Å²) in [5.74, 6) is 0. The largest absolute Gasteiger partial charge is 3.00 e. The fourth-order valence-electron chi connectivity index (χ4n) is 0.892. The van der Waals surface area contributed by atoms with Crippen molar-refractivity contribution in [3.8, 4) is 0 Å². The van der Waals surface area contributed by atoms with E-state index in [0.717, 1.165) is 6.42 Å². The van der Waals surface area contributed by atoms with E-state index in [4.69, 9.17) is 17.1 Å². The zero-order valence-corrected chi connectivity index (χ0v) is 9.69. The van der Waals surface area contributed by atoms with E-state index in [1.807, 2.05) is 0 Å². The van der Waals surface area contributed by atoms with Crippen molar-refractivity contribution < 1.29 is 42.0 Å². The minimum atomic E-state index is -0.196. The van der Waals surface area contributed by atoms with Gasteiger partial charge in [-0.1, -0.05) is 0 Å². The number of ether oxygens (including phenoxy) is 1. The summed E-state index contributed by atoms with van der Waals surface area (Å²) in [4.78, 5) is 0. The van der Waals surface area contributed by atoms with Gasteiger partial charge in [-0.15, -0.1) is 0 Å². The molecule has 1 aliphatic heterocycles. The van der Waals surface area contributed by atoms with E-state index in [0.29, 0.717) is 0 Å². The first-order valence-corrected chi connectivity index (χ1v) is 3.31. The molecule has 0 aromatic rings. The van der Waals surface area contributed by atoms with Crippen molar-refractivity contribution in [2.45, 2.75) is 24.6 Å². The summed E-state index contributed by atoms with van der Waals surface area (Å²) in [5.41, 5.74) is 0. The van der Waals surface area contributed by atoms with Crippen molar-refractivity contribution in [2.75, 3.05) is 0 Å². The molecule has 2 radical (unpaired) electrons. The molecule has 0 aliphatic carbocycles. The smallest absolute Gasteiger partial charge is 0.414 e. The molecule has 0 N–H and O–H groups in total. The van der Waals surface area contributed by atoms with E-state index >= 15 is 0 Å². The van der Waals surface area contributed by atoms with Crippen molar-refractivity contribution in [1.82, 2.24) is 0 Å². The summed E-state index contributed by atoms with van der Waals surface area (Å²) in [6.45, 7) is 3.70. The summed E-state index contributed by atoms with van der Waals surface area (Å²) >= 11 is 0. The second kappa shape index (κ2) is 5.22. The van der Waals surface area contributed by atoms with Crippen LogP contribution in [0, 0.1) is 6.92 Å². The molecule has 4 unspecified atom stereocenters. The molecule has 1 saturated heterocycles. The Morgan fingerprint density at radius 3 is 2.50 bits per heavy atom. The van der Waals surface area contributed by atoms with Crippen LogP contribution in [0.1, 0.15) is 6.42 Å². The van der Waals surface area contributed by atoms with Gasteiger partial charge in [0.2, 0.25) is 0 Å². The Hall–Kier alpha value is 1.52. The van der Waals surface area contributed by atoms with Gasteiger partial charge in [-0.3, -0.25) is 0 Å². The van der Waals surface area contributed by atoms with E-state index in [1.54, 1.807) is 0 Å². The molecule has 5 heteroatoms. The van der Waals surface area contributed by atoms with Gasteiger partial charge in [-0.05, 0) is 12.5 Å². The molecule has 0 spiro atoms. The van der Waals surface area contributed by atoms with Gasteiger partial charge in [0.1, 0.15) is 7.85 Å². The van der Waals surface area contributed by atoms with Crippen LogP contribution in [-0.2, 0) is 42.0 Å². The van der Waals surface area contributed by atoms with Gasteiger partial charge in [-0.2, -0.15) is 0 Å². The molecule has 0 aromatic carbocycles. The maximum Gasteiger partial charge on any atom is 3.00 e.